The highest BCUT2D eigenvalue weighted by Crippen LogP contribution is 2.21. The minimum atomic E-state index is 0.0634. The summed E-state index contributed by atoms with van der Waals surface area (Å²) in [5, 5.41) is 7.45. The van der Waals surface area contributed by atoms with Gasteiger partial charge in [-0.1, -0.05) is 30.3 Å². The highest BCUT2D eigenvalue weighted by atomic mass is 32.2. The molecule has 2 aromatic carbocycles. The van der Waals surface area contributed by atoms with Gasteiger partial charge >= 0.3 is 0 Å². The van der Waals surface area contributed by atoms with Crippen LogP contribution < -0.4 is 10.5 Å². The second kappa shape index (κ2) is 7.01. The first-order valence-electron chi connectivity index (χ1n) is 6.42. The maximum absolute atomic E-state index is 7.45. The average Bonchev–Trinajstić information content (AvgIpc) is 2.46. The SMILES string of the molecule is Cc1ccc(C(=N)N)cc1OCCSc1ccccc1. The summed E-state index contributed by atoms with van der Waals surface area (Å²) < 4.78 is 5.78. The van der Waals surface area contributed by atoms with Gasteiger partial charge in [0.2, 0.25) is 0 Å². The van der Waals surface area contributed by atoms with Crippen molar-refractivity contribution in [2.75, 3.05) is 12.4 Å². The van der Waals surface area contributed by atoms with Gasteiger partial charge < -0.3 is 10.5 Å². The minimum absolute atomic E-state index is 0.0634. The number of benzene rings is 2. The van der Waals surface area contributed by atoms with Crippen LogP contribution in [-0.2, 0) is 0 Å². The van der Waals surface area contributed by atoms with E-state index in [1.165, 1.54) is 4.90 Å². The number of amidine groups is 1. The molecular weight excluding hydrogens is 268 g/mol. The number of ether oxygens (including phenoxy) is 1. The highest BCUT2D eigenvalue weighted by Gasteiger charge is 2.03. The van der Waals surface area contributed by atoms with Crippen LogP contribution in [-0.4, -0.2) is 18.2 Å². The summed E-state index contributed by atoms with van der Waals surface area (Å²) >= 11 is 1.76. The largest absolute Gasteiger partial charge is 0.492 e. The smallest absolute Gasteiger partial charge is 0.122 e. The zero-order chi connectivity index (χ0) is 14.4. The van der Waals surface area contributed by atoms with Gasteiger partial charge in [-0.25, -0.2) is 0 Å². The molecule has 2 aromatic rings. The highest BCUT2D eigenvalue weighted by molar-refractivity contribution is 7.99. The zero-order valence-electron chi connectivity index (χ0n) is 11.4. The number of hydrogen-bond donors (Lipinski definition) is 2. The topological polar surface area (TPSA) is 59.1 Å². The summed E-state index contributed by atoms with van der Waals surface area (Å²) in [5.41, 5.74) is 7.24. The molecule has 0 fully saturated rings. The molecule has 0 atom stereocenters. The van der Waals surface area contributed by atoms with Gasteiger partial charge in [0.25, 0.3) is 0 Å². The summed E-state index contributed by atoms with van der Waals surface area (Å²) in [7, 11) is 0. The van der Waals surface area contributed by atoms with E-state index in [1.54, 1.807) is 11.8 Å². The van der Waals surface area contributed by atoms with Gasteiger partial charge in [-0.05, 0) is 30.7 Å². The third kappa shape index (κ3) is 4.03. The average molecular weight is 286 g/mol. The summed E-state index contributed by atoms with van der Waals surface area (Å²) in [6, 6.07) is 15.8. The molecule has 0 spiro atoms. The van der Waals surface area contributed by atoms with Gasteiger partial charge in [0.1, 0.15) is 11.6 Å². The van der Waals surface area contributed by atoms with Crippen molar-refractivity contribution in [3.8, 4) is 5.75 Å². The maximum atomic E-state index is 7.45. The molecule has 3 nitrogen and oxygen atoms in total. The molecule has 3 N–H and O–H groups in total. The molecular formula is C16H18N2OS. The first-order chi connectivity index (χ1) is 9.66. The molecule has 0 aliphatic rings. The van der Waals surface area contributed by atoms with E-state index >= 15 is 0 Å². The van der Waals surface area contributed by atoms with Crippen molar-refractivity contribution in [2.24, 2.45) is 5.73 Å². The quantitative estimate of drug-likeness (QED) is 0.370. The predicted octanol–water partition coefficient (Wildman–Crippen LogP) is 3.45. The van der Waals surface area contributed by atoms with Crippen molar-refractivity contribution >= 4 is 17.6 Å². The molecule has 20 heavy (non-hydrogen) atoms. The lowest BCUT2D eigenvalue weighted by Gasteiger charge is -2.10. The second-order valence-electron chi connectivity index (χ2n) is 4.40. The third-order valence-corrected chi connectivity index (χ3v) is 3.83. The zero-order valence-corrected chi connectivity index (χ0v) is 12.2. The standard InChI is InChI=1S/C16H18N2OS/c1-12-7-8-13(16(17)18)11-15(12)19-9-10-20-14-5-3-2-4-6-14/h2-8,11H,9-10H2,1H3,(H3,17,18). The van der Waals surface area contributed by atoms with E-state index in [2.05, 4.69) is 12.1 Å². The van der Waals surface area contributed by atoms with Crippen LogP contribution in [0.5, 0.6) is 5.75 Å². The molecule has 4 heteroatoms. The molecule has 0 heterocycles. The van der Waals surface area contributed by atoms with Gasteiger partial charge in [-0.15, -0.1) is 11.8 Å². The Morgan fingerprint density at radius 1 is 1.20 bits per heavy atom. The fourth-order valence-electron chi connectivity index (χ4n) is 1.75. The second-order valence-corrected chi connectivity index (χ2v) is 5.57. The Morgan fingerprint density at radius 2 is 1.95 bits per heavy atom. The molecule has 0 aromatic heterocycles. The van der Waals surface area contributed by atoms with Crippen molar-refractivity contribution in [3.05, 3.63) is 59.7 Å². The molecule has 0 saturated carbocycles. The number of hydrogen-bond acceptors (Lipinski definition) is 3. The van der Waals surface area contributed by atoms with E-state index in [1.807, 2.05) is 43.3 Å². The normalized spacial score (nSPS) is 10.2. The Hall–Kier alpha value is -1.94. The fraction of sp³-hybridized carbons (Fsp3) is 0.188. The van der Waals surface area contributed by atoms with Crippen LogP contribution in [0, 0.1) is 12.3 Å². The molecule has 0 amide bonds. The van der Waals surface area contributed by atoms with Crippen molar-refractivity contribution in [2.45, 2.75) is 11.8 Å². The minimum Gasteiger partial charge on any atom is -0.492 e. The van der Waals surface area contributed by atoms with Gasteiger partial charge in [-0.3, -0.25) is 5.41 Å². The lowest BCUT2D eigenvalue weighted by molar-refractivity contribution is 0.341. The Morgan fingerprint density at radius 3 is 2.65 bits per heavy atom. The lowest BCUT2D eigenvalue weighted by atomic mass is 10.1. The van der Waals surface area contributed by atoms with Crippen molar-refractivity contribution in [3.63, 3.8) is 0 Å². The summed E-state index contributed by atoms with van der Waals surface area (Å²) in [6.45, 7) is 2.62. The van der Waals surface area contributed by atoms with E-state index in [0.717, 1.165) is 17.1 Å². The fourth-order valence-corrected chi connectivity index (χ4v) is 2.50. The third-order valence-electron chi connectivity index (χ3n) is 2.85. The molecule has 0 unspecified atom stereocenters. The van der Waals surface area contributed by atoms with E-state index in [4.69, 9.17) is 15.9 Å². The van der Waals surface area contributed by atoms with Gasteiger partial charge in [-0.2, -0.15) is 0 Å². The van der Waals surface area contributed by atoms with Crippen LogP contribution >= 0.6 is 11.8 Å². The van der Waals surface area contributed by atoms with Crippen LogP contribution in [0.15, 0.2) is 53.4 Å². The molecule has 0 aliphatic heterocycles. The van der Waals surface area contributed by atoms with Gasteiger partial charge in [0.05, 0.1) is 6.61 Å². The number of rotatable bonds is 6. The predicted molar refractivity (Wildman–Crippen MR) is 84.9 cm³/mol. The van der Waals surface area contributed by atoms with Crippen LogP contribution in [0.25, 0.3) is 0 Å². The van der Waals surface area contributed by atoms with Crippen LogP contribution in [0.3, 0.4) is 0 Å². The lowest BCUT2D eigenvalue weighted by Crippen LogP contribution is -2.11. The molecule has 0 aliphatic carbocycles. The molecule has 104 valence electrons. The van der Waals surface area contributed by atoms with E-state index in [0.29, 0.717) is 12.2 Å². The Balaban J connectivity index is 1.88. The number of nitrogens with two attached hydrogens (primary N) is 1. The first-order valence-corrected chi connectivity index (χ1v) is 7.41. The van der Waals surface area contributed by atoms with Crippen molar-refractivity contribution in [1.82, 2.24) is 0 Å². The summed E-state index contributed by atoms with van der Waals surface area (Å²) in [4.78, 5) is 1.24. The summed E-state index contributed by atoms with van der Waals surface area (Å²) in [6.07, 6.45) is 0. The molecule has 0 saturated heterocycles. The van der Waals surface area contributed by atoms with Crippen LogP contribution in [0.1, 0.15) is 11.1 Å². The number of thioether (sulfide) groups is 1. The maximum Gasteiger partial charge on any atom is 0.122 e. The Bertz CT molecular complexity index is 584. The van der Waals surface area contributed by atoms with E-state index < -0.39 is 0 Å². The molecule has 0 radical (unpaired) electrons. The number of nitrogen functional groups attached to an aromatic ring is 1. The molecule has 0 bridgehead atoms. The van der Waals surface area contributed by atoms with Crippen molar-refractivity contribution in [1.29, 1.82) is 5.41 Å². The van der Waals surface area contributed by atoms with E-state index in [-0.39, 0.29) is 5.84 Å². The van der Waals surface area contributed by atoms with Crippen molar-refractivity contribution < 1.29 is 4.74 Å². The summed E-state index contributed by atoms with van der Waals surface area (Å²) in [5.74, 6) is 1.74. The number of aryl methyl sites for hydroxylation is 1. The van der Waals surface area contributed by atoms with Crippen LogP contribution in [0.2, 0.25) is 0 Å². The number of nitrogens with one attached hydrogen (secondary N) is 1. The Kier molecular flexibility index (Phi) is 5.07. The first kappa shape index (κ1) is 14.5. The Labute approximate surface area is 123 Å². The monoisotopic (exact) mass is 286 g/mol. The van der Waals surface area contributed by atoms with Gasteiger partial charge in [0.15, 0.2) is 0 Å². The van der Waals surface area contributed by atoms with Gasteiger partial charge in [0, 0.05) is 16.2 Å². The van der Waals surface area contributed by atoms with E-state index in [9.17, 15) is 0 Å². The van der Waals surface area contributed by atoms with Crippen LogP contribution in [0.4, 0.5) is 0 Å². The molecule has 2 rings (SSSR count).